The summed E-state index contributed by atoms with van der Waals surface area (Å²) in [6.07, 6.45) is 1.64. The van der Waals surface area contributed by atoms with Gasteiger partial charge in [-0.15, -0.1) is 5.10 Å². The summed E-state index contributed by atoms with van der Waals surface area (Å²) in [7, 11) is 1.79. The van der Waals surface area contributed by atoms with E-state index in [2.05, 4.69) is 25.0 Å². The predicted octanol–water partition coefficient (Wildman–Crippen LogP) is 3.28. The molecule has 0 saturated heterocycles. The van der Waals surface area contributed by atoms with E-state index in [9.17, 15) is 9.59 Å². The van der Waals surface area contributed by atoms with Crippen LogP contribution in [0.3, 0.4) is 0 Å². The molecule has 0 saturated carbocycles. The summed E-state index contributed by atoms with van der Waals surface area (Å²) in [4.78, 5) is 33.1. The second-order valence-corrected chi connectivity index (χ2v) is 9.23. The molecular formula is C23H29N5O2S. The van der Waals surface area contributed by atoms with Crippen LogP contribution in [0.1, 0.15) is 45.2 Å². The van der Waals surface area contributed by atoms with E-state index in [1.165, 1.54) is 17.3 Å². The van der Waals surface area contributed by atoms with Gasteiger partial charge in [-0.3, -0.25) is 9.59 Å². The summed E-state index contributed by atoms with van der Waals surface area (Å²) in [5, 5.41) is 5.05. The van der Waals surface area contributed by atoms with Crippen LogP contribution in [0.25, 0.3) is 17.0 Å². The van der Waals surface area contributed by atoms with Gasteiger partial charge in [-0.05, 0) is 32.3 Å². The first-order chi connectivity index (χ1) is 14.8. The molecule has 3 aromatic rings. The van der Waals surface area contributed by atoms with Crippen molar-refractivity contribution >= 4 is 23.4 Å². The van der Waals surface area contributed by atoms with Crippen LogP contribution in [-0.2, 0) is 23.7 Å². The molecule has 2 aromatic heterocycles. The molecule has 164 valence electrons. The second kappa shape index (κ2) is 8.15. The molecule has 2 heterocycles. The first-order valence-electron chi connectivity index (χ1n) is 10.8. The van der Waals surface area contributed by atoms with Crippen molar-refractivity contribution < 1.29 is 4.79 Å². The van der Waals surface area contributed by atoms with Gasteiger partial charge < -0.3 is 4.90 Å². The van der Waals surface area contributed by atoms with Crippen molar-refractivity contribution in [3.05, 3.63) is 45.7 Å². The molecule has 31 heavy (non-hydrogen) atoms. The van der Waals surface area contributed by atoms with Gasteiger partial charge in [0.25, 0.3) is 5.56 Å². The van der Waals surface area contributed by atoms with Crippen LogP contribution in [-0.4, -0.2) is 48.8 Å². The van der Waals surface area contributed by atoms with Crippen molar-refractivity contribution in [1.82, 2.24) is 24.1 Å². The van der Waals surface area contributed by atoms with Gasteiger partial charge in [0.15, 0.2) is 5.16 Å². The Balaban J connectivity index is 1.87. The van der Waals surface area contributed by atoms with E-state index >= 15 is 0 Å². The van der Waals surface area contributed by atoms with Crippen molar-refractivity contribution in [2.45, 2.75) is 51.1 Å². The number of rotatable bonds is 6. The smallest absolute Gasteiger partial charge is 0.265 e. The van der Waals surface area contributed by atoms with Crippen molar-refractivity contribution in [3.8, 4) is 11.3 Å². The molecule has 1 aromatic carbocycles. The Hall–Kier alpha value is -2.61. The van der Waals surface area contributed by atoms with Crippen LogP contribution in [0.2, 0.25) is 0 Å². The fourth-order valence-electron chi connectivity index (χ4n) is 4.46. The Bertz CT molecular complexity index is 1210. The number of hydrogen-bond acceptors (Lipinski definition) is 5. The molecule has 0 bridgehead atoms. The van der Waals surface area contributed by atoms with E-state index < -0.39 is 0 Å². The lowest BCUT2D eigenvalue weighted by Gasteiger charge is -2.34. The lowest BCUT2D eigenvalue weighted by Crippen LogP contribution is -2.38. The molecular weight excluding hydrogens is 410 g/mol. The van der Waals surface area contributed by atoms with Gasteiger partial charge >= 0.3 is 0 Å². The third kappa shape index (κ3) is 3.46. The molecule has 0 radical (unpaired) electrons. The van der Waals surface area contributed by atoms with E-state index in [4.69, 9.17) is 4.98 Å². The van der Waals surface area contributed by atoms with Gasteiger partial charge in [0.05, 0.1) is 17.0 Å². The third-order valence-corrected chi connectivity index (χ3v) is 7.37. The number of fused-ring (bicyclic) bond motifs is 4. The summed E-state index contributed by atoms with van der Waals surface area (Å²) >= 11 is 1.30. The summed E-state index contributed by atoms with van der Waals surface area (Å²) in [6, 6.07) is 8.20. The maximum atomic E-state index is 13.8. The minimum absolute atomic E-state index is 0.0418. The topological polar surface area (TPSA) is 72.5 Å². The number of aryl methyl sites for hydroxylation is 1. The maximum absolute atomic E-state index is 13.8. The highest BCUT2D eigenvalue weighted by molar-refractivity contribution is 7.99. The maximum Gasteiger partial charge on any atom is 0.265 e. The van der Waals surface area contributed by atoms with E-state index in [1.54, 1.807) is 21.0 Å². The van der Waals surface area contributed by atoms with Crippen molar-refractivity contribution in [3.63, 3.8) is 0 Å². The second-order valence-electron chi connectivity index (χ2n) is 8.28. The molecule has 0 spiro atoms. The van der Waals surface area contributed by atoms with Crippen LogP contribution in [0, 0.1) is 0 Å². The zero-order valence-electron chi connectivity index (χ0n) is 18.8. The number of hydrogen-bond donors (Lipinski definition) is 0. The largest absolute Gasteiger partial charge is 0.343 e. The number of thioether (sulfide) groups is 1. The summed E-state index contributed by atoms with van der Waals surface area (Å²) in [6.45, 7) is 9.53. The van der Waals surface area contributed by atoms with Crippen LogP contribution < -0.4 is 5.56 Å². The number of benzene rings is 1. The first-order valence-corrected chi connectivity index (χ1v) is 11.8. The fraction of sp³-hybridized carbons (Fsp3) is 0.478. The van der Waals surface area contributed by atoms with Crippen LogP contribution >= 0.6 is 11.8 Å². The molecule has 1 atom stereocenters. The summed E-state index contributed by atoms with van der Waals surface area (Å²) < 4.78 is 3.22. The van der Waals surface area contributed by atoms with Gasteiger partial charge in [-0.1, -0.05) is 49.9 Å². The van der Waals surface area contributed by atoms with E-state index in [1.807, 2.05) is 32.0 Å². The van der Waals surface area contributed by atoms with Crippen LogP contribution in [0.4, 0.5) is 0 Å². The van der Waals surface area contributed by atoms with E-state index in [0.717, 1.165) is 29.7 Å². The highest BCUT2D eigenvalue weighted by atomic mass is 32.2. The Morgan fingerprint density at radius 3 is 2.61 bits per heavy atom. The van der Waals surface area contributed by atoms with Crippen molar-refractivity contribution in [1.29, 1.82) is 0 Å². The molecule has 1 aliphatic carbocycles. The van der Waals surface area contributed by atoms with E-state index in [0.29, 0.717) is 24.0 Å². The van der Waals surface area contributed by atoms with E-state index in [-0.39, 0.29) is 22.6 Å². The first kappa shape index (κ1) is 21.6. The zero-order chi connectivity index (χ0) is 22.3. The molecule has 0 N–H and O–H groups in total. The average Bonchev–Trinajstić information content (AvgIpc) is 3.09. The molecule has 7 nitrogen and oxygen atoms in total. The highest BCUT2D eigenvalue weighted by Gasteiger charge is 2.38. The van der Waals surface area contributed by atoms with Gasteiger partial charge in [0, 0.05) is 31.1 Å². The zero-order valence-corrected chi connectivity index (χ0v) is 19.6. The molecule has 0 unspecified atom stereocenters. The Kier molecular flexibility index (Phi) is 5.68. The molecule has 4 rings (SSSR count). The predicted molar refractivity (Wildman–Crippen MR) is 124 cm³/mol. The third-order valence-electron chi connectivity index (χ3n) is 6.46. The summed E-state index contributed by atoms with van der Waals surface area (Å²) in [5.74, 6) is 0.780. The minimum Gasteiger partial charge on any atom is -0.343 e. The quantitative estimate of drug-likeness (QED) is 0.551. The minimum atomic E-state index is -0.302. The standard InChI is InChI=1S/C23H29N5O2S/c1-6-23(4)13-15-11-9-10-12-16(15)19-18(23)20(30)28-21(24-19)26(5)25-22(28)31-14-17(29)27(7-2)8-3/h9-12H,6-8,13-14H2,1-5H3/t23-/m0/s1. The van der Waals surface area contributed by atoms with Crippen LogP contribution in [0.15, 0.2) is 34.2 Å². The number of nitrogens with zero attached hydrogens (tertiary/aromatic N) is 5. The summed E-state index contributed by atoms with van der Waals surface area (Å²) in [5.41, 5.74) is 3.37. The molecule has 1 aliphatic rings. The number of carbonyl (C=O) groups is 1. The molecule has 0 fully saturated rings. The molecule has 0 aliphatic heterocycles. The SMILES string of the molecule is CCN(CC)C(=O)CSc1nn(C)c2nc3c(c(=O)n12)[C@@](C)(CC)Cc1ccccc1-3. The Labute approximate surface area is 186 Å². The molecule has 8 heteroatoms. The number of carbonyl (C=O) groups excluding carboxylic acids is 1. The Morgan fingerprint density at radius 2 is 1.94 bits per heavy atom. The molecule has 1 amide bonds. The Morgan fingerprint density at radius 1 is 1.23 bits per heavy atom. The lowest BCUT2D eigenvalue weighted by molar-refractivity contribution is -0.127. The van der Waals surface area contributed by atoms with Gasteiger partial charge in [-0.25, -0.2) is 14.1 Å². The van der Waals surface area contributed by atoms with Crippen molar-refractivity contribution in [2.24, 2.45) is 7.05 Å². The fourth-order valence-corrected chi connectivity index (χ4v) is 5.37. The monoisotopic (exact) mass is 439 g/mol. The number of amides is 1. The highest BCUT2D eigenvalue weighted by Crippen LogP contribution is 2.42. The van der Waals surface area contributed by atoms with Gasteiger partial charge in [0.1, 0.15) is 0 Å². The van der Waals surface area contributed by atoms with Gasteiger partial charge in [-0.2, -0.15) is 0 Å². The normalized spacial score (nSPS) is 17.5. The van der Waals surface area contributed by atoms with Crippen LogP contribution in [0.5, 0.6) is 0 Å². The van der Waals surface area contributed by atoms with Crippen molar-refractivity contribution in [2.75, 3.05) is 18.8 Å². The van der Waals surface area contributed by atoms with Gasteiger partial charge in [0.2, 0.25) is 11.7 Å². The lowest BCUT2D eigenvalue weighted by atomic mass is 9.69. The average molecular weight is 440 g/mol. The number of aromatic nitrogens is 4.